The van der Waals surface area contributed by atoms with Gasteiger partial charge in [0.25, 0.3) is 0 Å². The van der Waals surface area contributed by atoms with Gasteiger partial charge in [-0.1, -0.05) is 60.7 Å². The van der Waals surface area contributed by atoms with Crippen LogP contribution in [0.1, 0.15) is 46.9 Å². The molecule has 0 aliphatic heterocycles. The van der Waals surface area contributed by atoms with Gasteiger partial charge in [0, 0.05) is 35.1 Å². The molecule has 3 heterocycles. The average molecular weight is 461 g/mol. The lowest BCUT2D eigenvalue weighted by Gasteiger charge is -2.08. The Morgan fingerprint density at radius 1 is 0.914 bits per heavy atom. The maximum absolute atomic E-state index is 13.6. The van der Waals surface area contributed by atoms with Crippen LogP contribution in [-0.2, 0) is 0 Å². The van der Waals surface area contributed by atoms with Gasteiger partial charge in [-0.25, -0.2) is 15.0 Å². The van der Waals surface area contributed by atoms with Gasteiger partial charge in [0.1, 0.15) is 17.8 Å². The predicted molar refractivity (Wildman–Crippen MR) is 138 cm³/mol. The molecule has 0 aliphatic carbocycles. The van der Waals surface area contributed by atoms with E-state index in [0.717, 1.165) is 16.8 Å². The van der Waals surface area contributed by atoms with Crippen LogP contribution in [0.2, 0.25) is 0 Å². The van der Waals surface area contributed by atoms with E-state index in [1.165, 1.54) is 6.33 Å². The van der Waals surface area contributed by atoms with Crippen molar-refractivity contribution in [1.29, 1.82) is 0 Å². The van der Waals surface area contributed by atoms with Gasteiger partial charge in [0.05, 0.1) is 28.5 Å². The molecule has 5 rings (SSSR count). The number of aliphatic imine (C=N–C) groups is 1. The fourth-order valence-electron chi connectivity index (χ4n) is 4.06. The summed E-state index contributed by atoms with van der Waals surface area (Å²) in [6.45, 7) is 4.05. The number of carbonyl (C=O) groups excluding carboxylic acids is 1. The second kappa shape index (κ2) is 9.30. The number of anilines is 1. The molecule has 0 fully saturated rings. The molecule has 3 aromatic heterocycles. The van der Waals surface area contributed by atoms with Crippen molar-refractivity contribution < 1.29 is 4.79 Å². The Morgan fingerprint density at radius 2 is 1.57 bits per heavy atom. The zero-order chi connectivity index (χ0) is 24.4. The smallest absolute Gasteiger partial charge is 0.197 e. The molecule has 172 valence electrons. The molecule has 0 radical (unpaired) electrons. The monoisotopic (exact) mass is 460 g/mol. The van der Waals surface area contributed by atoms with Gasteiger partial charge in [-0.2, -0.15) is 0 Å². The van der Waals surface area contributed by atoms with Gasteiger partial charge in [-0.15, -0.1) is 0 Å². The highest BCUT2D eigenvalue weighted by atomic mass is 16.1. The van der Waals surface area contributed by atoms with Crippen molar-refractivity contribution in [3.05, 3.63) is 114 Å². The number of nitrogens with two attached hydrogens (primary N) is 1. The quantitative estimate of drug-likeness (QED) is 0.271. The predicted octanol–water partition coefficient (Wildman–Crippen LogP) is 5.39. The van der Waals surface area contributed by atoms with Gasteiger partial charge in [-0.3, -0.25) is 9.78 Å². The molecule has 0 spiro atoms. The maximum Gasteiger partial charge on any atom is 0.197 e. The van der Waals surface area contributed by atoms with Gasteiger partial charge in [-0.05, 0) is 19.9 Å². The van der Waals surface area contributed by atoms with E-state index >= 15 is 0 Å². The molecule has 35 heavy (non-hydrogen) atoms. The molecule has 0 amide bonds. The highest BCUT2D eigenvalue weighted by molar-refractivity contribution is 6.18. The van der Waals surface area contributed by atoms with Crippen molar-refractivity contribution in [3.63, 3.8) is 0 Å². The van der Waals surface area contributed by atoms with Gasteiger partial charge in [0.2, 0.25) is 0 Å². The Bertz CT molecular complexity index is 1500. The van der Waals surface area contributed by atoms with Crippen molar-refractivity contribution in [3.8, 4) is 0 Å². The number of benzene rings is 2. The van der Waals surface area contributed by atoms with Crippen molar-refractivity contribution in [1.82, 2.24) is 19.5 Å². The molecule has 7 heteroatoms. The number of pyridine rings is 1. The number of ketones is 1. The molecular weight excluding hydrogens is 436 g/mol. The van der Waals surface area contributed by atoms with E-state index in [4.69, 9.17) is 10.7 Å². The Hall–Kier alpha value is -4.65. The summed E-state index contributed by atoms with van der Waals surface area (Å²) in [5, 5.41) is 0.550. The summed E-state index contributed by atoms with van der Waals surface area (Å²) in [4.78, 5) is 31.3. The van der Waals surface area contributed by atoms with Gasteiger partial charge >= 0.3 is 0 Å². The van der Waals surface area contributed by atoms with Crippen LogP contribution in [0.4, 0.5) is 11.5 Å². The van der Waals surface area contributed by atoms with E-state index in [1.807, 2.05) is 79.1 Å². The first-order valence-electron chi connectivity index (χ1n) is 11.3. The van der Waals surface area contributed by atoms with Crippen molar-refractivity contribution >= 4 is 34.0 Å². The highest BCUT2D eigenvalue weighted by Gasteiger charge is 2.22. The Labute approximate surface area is 203 Å². The Morgan fingerprint density at radius 3 is 2.20 bits per heavy atom. The third-order valence-corrected chi connectivity index (χ3v) is 5.76. The molecule has 0 saturated carbocycles. The number of fused-ring (bicyclic) bond motifs is 1. The van der Waals surface area contributed by atoms with E-state index in [1.54, 1.807) is 24.7 Å². The first kappa shape index (κ1) is 22.2. The molecule has 0 unspecified atom stereocenters. The van der Waals surface area contributed by atoms with Crippen molar-refractivity contribution in [2.24, 2.45) is 4.99 Å². The number of carbonyl (C=O) groups is 1. The second-order valence-electron chi connectivity index (χ2n) is 8.45. The number of nitrogen functional groups attached to an aromatic ring is 1. The van der Waals surface area contributed by atoms with Crippen LogP contribution in [0.25, 0.3) is 11.0 Å². The lowest BCUT2D eigenvalue weighted by molar-refractivity contribution is 0.103. The lowest BCUT2D eigenvalue weighted by atomic mass is 10.0. The number of hydrogen-bond donors (Lipinski definition) is 1. The van der Waals surface area contributed by atoms with E-state index in [2.05, 4.69) is 15.0 Å². The maximum atomic E-state index is 13.6. The fourth-order valence-corrected chi connectivity index (χ4v) is 4.06. The zero-order valence-corrected chi connectivity index (χ0v) is 19.5. The minimum atomic E-state index is -0.207. The third-order valence-electron chi connectivity index (χ3n) is 5.76. The zero-order valence-electron chi connectivity index (χ0n) is 19.5. The van der Waals surface area contributed by atoms with Crippen LogP contribution in [0, 0.1) is 0 Å². The summed E-state index contributed by atoms with van der Waals surface area (Å²) in [6, 6.07) is 21.7. The van der Waals surface area contributed by atoms with Crippen LogP contribution in [-0.4, -0.2) is 31.0 Å². The largest absolute Gasteiger partial charge is 0.383 e. The fraction of sp³-hybridized carbons (Fsp3) is 0.107. The highest BCUT2D eigenvalue weighted by Crippen LogP contribution is 2.29. The summed E-state index contributed by atoms with van der Waals surface area (Å²) in [5.41, 5.74) is 11.0. The number of aromatic nitrogens is 4. The molecule has 5 aromatic rings. The summed E-state index contributed by atoms with van der Waals surface area (Å²) in [6.07, 6.45) is 6.40. The normalized spacial score (nSPS) is 11.1. The van der Waals surface area contributed by atoms with Crippen LogP contribution in [0.3, 0.4) is 0 Å². The van der Waals surface area contributed by atoms with Crippen molar-refractivity contribution in [2.75, 3.05) is 5.73 Å². The Kier molecular flexibility index (Phi) is 5.89. The number of nitrogens with zero attached hydrogens (tertiary/aromatic N) is 5. The van der Waals surface area contributed by atoms with Crippen LogP contribution >= 0.6 is 0 Å². The third kappa shape index (κ3) is 4.31. The van der Waals surface area contributed by atoms with Gasteiger partial charge < -0.3 is 10.3 Å². The minimum Gasteiger partial charge on any atom is -0.383 e. The molecular formula is C28H24N6O. The molecule has 2 aromatic carbocycles. The van der Waals surface area contributed by atoms with Crippen LogP contribution in [0.15, 0.2) is 96.6 Å². The molecule has 0 aliphatic rings. The van der Waals surface area contributed by atoms with Crippen LogP contribution < -0.4 is 5.73 Å². The first-order chi connectivity index (χ1) is 17.0. The SMILES string of the molecule is CC(C)n1cc(C(=O)c2cncc(N=C(c3ccccc3)c3ccccc3)c2)c2c(N)ncnc21. The van der Waals surface area contributed by atoms with E-state index in [0.29, 0.717) is 27.8 Å². The summed E-state index contributed by atoms with van der Waals surface area (Å²) in [5.74, 6) is 0.0664. The molecule has 0 saturated heterocycles. The summed E-state index contributed by atoms with van der Waals surface area (Å²) in [7, 11) is 0. The molecule has 7 nitrogen and oxygen atoms in total. The first-order valence-corrected chi connectivity index (χ1v) is 11.3. The topological polar surface area (TPSA) is 99.0 Å². The van der Waals surface area contributed by atoms with E-state index in [9.17, 15) is 4.79 Å². The lowest BCUT2D eigenvalue weighted by Crippen LogP contribution is -2.04. The minimum absolute atomic E-state index is 0.0988. The summed E-state index contributed by atoms with van der Waals surface area (Å²) < 4.78 is 1.93. The number of rotatable bonds is 6. The van der Waals surface area contributed by atoms with Crippen molar-refractivity contribution in [2.45, 2.75) is 19.9 Å². The second-order valence-corrected chi connectivity index (χ2v) is 8.45. The van der Waals surface area contributed by atoms with E-state index < -0.39 is 0 Å². The summed E-state index contributed by atoms with van der Waals surface area (Å²) >= 11 is 0. The standard InChI is InChI=1S/C28H24N6O/c1-18(2)34-16-23(24-27(29)31-17-32-28(24)34)26(35)21-13-22(15-30-14-21)33-25(19-9-5-3-6-10-19)20-11-7-4-8-12-20/h3-18H,1-2H3,(H2,29,31,32). The molecule has 0 atom stereocenters. The van der Waals surface area contributed by atoms with E-state index in [-0.39, 0.29) is 17.6 Å². The molecule has 2 N–H and O–H groups in total. The number of hydrogen-bond acceptors (Lipinski definition) is 6. The van der Waals surface area contributed by atoms with Crippen LogP contribution in [0.5, 0.6) is 0 Å². The average Bonchev–Trinajstić information content (AvgIpc) is 3.29. The van der Waals surface area contributed by atoms with Gasteiger partial charge in [0.15, 0.2) is 5.78 Å². The molecule has 0 bridgehead atoms. The Balaban J connectivity index is 1.60.